The zero-order valence-corrected chi connectivity index (χ0v) is 12.5. The molecule has 19 heavy (non-hydrogen) atoms. The Morgan fingerprint density at radius 1 is 1.58 bits per heavy atom. The topological polar surface area (TPSA) is 38.3 Å². The highest BCUT2D eigenvalue weighted by atomic mass is 32.1. The second-order valence-corrected chi connectivity index (χ2v) is 6.53. The Morgan fingerprint density at radius 3 is 3.05 bits per heavy atom. The largest absolute Gasteiger partial charge is 0.468 e. The second kappa shape index (κ2) is 7.06. The smallest absolute Gasteiger partial charge is 0.323 e. The molecule has 0 radical (unpaired) electrons. The van der Waals surface area contributed by atoms with Gasteiger partial charge in [-0.2, -0.15) is 0 Å². The van der Waals surface area contributed by atoms with Crippen molar-refractivity contribution in [1.29, 1.82) is 0 Å². The van der Waals surface area contributed by atoms with Crippen molar-refractivity contribution in [3.05, 3.63) is 22.4 Å². The maximum Gasteiger partial charge on any atom is 0.323 e. The van der Waals surface area contributed by atoms with Gasteiger partial charge in [0.2, 0.25) is 0 Å². The van der Waals surface area contributed by atoms with E-state index in [-0.39, 0.29) is 12.0 Å². The number of nitrogens with one attached hydrogen (secondary N) is 1. The van der Waals surface area contributed by atoms with Gasteiger partial charge in [0, 0.05) is 11.4 Å². The number of hydrogen-bond acceptors (Lipinski definition) is 4. The van der Waals surface area contributed by atoms with E-state index in [0.29, 0.717) is 5.92 Å². The fourth-order valence-corrected chi connectivity index (χ4v) is 3.63. The van der Waals surface area contributed by atoms with Crippen molar-refractivity contribution in [2.45, 2.75) is 45.2 Å². The van der Waals surface area contributed by atoms with E-state index in [0.717, 1.165) is 25.3 Å². The first-order valence-corrected chi connectivity index (χ1v) is 7.92. The van der Waals surface area contributed by atoms with Crippen LogP contribution in [0.15, 0.2) is 17.5 Å². The summed E-state index contributed by atoms with van der Waals surface area (Å²) < 4.78 is 4.97. The highest BCUT2D eigenvalue weighted by Gasteiger charge is 2.31. The lowest BCUT2D eigenvalue weighted by atomic mass is 9.78. The number of methoxy groups -OCH3 is 1. The number of carbonyl (C=O) groups excluding carboxylic acids is 1. The zero-order valence-electron chi connectivity index (χ0n) is 11.7. The summed E-state index contributed by atoms with van der Waals surface area (Å²) in [4.78, 5) is 13.3. The van der Waals surface area contributed by atoms with Crippen LogP contribution in [0.1, 0.15) is 37.5 Å². The van der Waals surface area contributed by atoms with E-state index in [1.54, 1.807) is 11.3 Å². The fraction of sp³-hybridized carbons (Fsp3) is 0.667. The first-order valence-electron chi connectivity index (χ1n) is 7.04. The van der Waals surface area contributed by atoms with Gasteiger partial charge in [0.1, 0.15) is 6.04 Å². The van der Waals surface area contributed by atoms with Gasteiger partial charge < -0.3 is 4.74 Å². The molecule has 1 N–H and O–H groups in total. The van der Waals surface area contributed by atoms with Crippen LogP contribution in [0.5, 0.6) is 0 Å². The van der Waals surface area contributed by atoms with Gasteiger partial charge in [-0.1, -0.05) is 25.8 Å². The molecule has 0 aliphatic heterocycles. The number of esters is 1. The molecule has 106 valence electrons. The molecule has 1 aromatic heterocycles. The number of hydrogen-bond donors (Lipinski definition) is 1. The molecule has 3 nitrogen and oxygen atoms in total. The highest BCUT2D eigenvalue weighted by Crippen LogP contribution is 2.31. The van der Waals surface area contributed by atoms with Crippen molar-refractivity contribution in [2.24, 2.45) is 11.8 Å². The minimum Gasteiger partial charge on any atom is -0.468 e. The maximum absolute atomic E-state index is 12.0. The Morgan fingerprint density at radius 2 is 2.42 bits per heavy atom. The van der Waals surface area contributed by atoms with Crippen LogP contribution in [-0.2, 0) is 16.1 Å². The molecule has 0 saturated heterocycles. The summed E-state index contributed by atoms with van der Waals surface area (Å²) >= 11 is 1.72. The lowest BCUT2D eigenvalue weighted by Gasteiger charge is -2.32. The Labute approximate surface area is 119 Å². The molecule has 1 heterocycles. The van der Waals surface area contributed by atoms with E-state index in [1.807, 2.05) is 6.07 Å². The molecule has 0 spiro atoms. The third-order valence-corrected chi connectivity index (χ3v) is 4.86. The van der Waals surface area contributed by atoms with E-state index in [4.69, 9.17) is 4.74 Å². The summed E-state index contributed by atoms with van der Waals surface area (Å²) in [6.45, 7) is 3.03. The van der Waals surface area contributed by atoms with Crippen molar-refractivity contribution < 1.29 is 9.53 Å². The fourth-order valence-electron chi connectivity index (χ4n) is 2.98. The van der Waals surface area contributed by atoms with Crippen LogP contribution in [-0.4, -0.2) is 19.1 Å². The van der Waals surface area contributed by atoms with Crippen molar-refractivity contribution in [2.75, 3.05) is 7.11 Å². The van der Waals surface area contributed by atoms with Crippen molar-refractivity contribution in [3.8, 4) is 0 Å². The van der Waals surface area contributed by atoms with Crippen LogP contribution in [0, 0.1) is 11.8 Å². The zero-order chi connectivity index (χ0) is 13.7. The lowest BCUT2D eigenvalue weighted by molar-refractivity contribution is -0.145. The normalized spacial score (nSPS) is 24.9. The minimum atomic E-state index is -0.158. The summed E-state index contributed by atoms with van der Waals surface area (Å²) in [6.07, 6.45) is 4.76. The van der Waals surface area contributed by atoms with Gasteiger partial charge in [0.15, 0.2) is 0 Å². The maximum atomic E-state index is 12.0. The van der Waals surface area contributed by atoms with Gasteiger partial charge in [-0.25, -0.2) is 0 Å². The van der Waals surface area contributed by atoms with Crippen LogP contribution in [0.4, 0.5) is 0 Å². The van der Waals surface area contributed by atoms with Gasteiger partial charge in [0.05, 0.1) is 7.11 Å². The number of thiophene rings is 1. The molecule has 3 unspecified atom stereocenters. The monoisotopic (exact) mass is 281 g/mol. The molecule has 3 atom stereocenters. The van der Waals surface area contributed by atoms with Crippen LogP contribution in [0.25, 0.3) is 0 Å². The SMILES string of the molecule is COC(=O)C(NCc1cccs1)C1CCCC(C)C1. The predicted molar refractivity (Wildman–Crippen MR) is 78.1 cm³/mol. The molecule has 1 aromatic rings. The van der Waals surface area contributed by atoms with Crippen LogP contribution >= 0.6 is 11.3 Å². The van der Waals surface area contributed by atoms with Gasteiger partial charge in [-0.3, -0.25) is 10.1 Å². The molecule has 0 amide bonds. The highest BCUT2D eigenvalue weighted by molar-refractivity contribution is 7.09. The van der Waals surface area contributed by atoms with E-state index < -0.39 is 0 Å². The Bertz CT molecular complexity index is 391. The van der Waals surface area contributed by atoms with Gasteiger partial charge in [-0.05, 0) is 36.1 Å². The van der Waals surface area contributed by atoms with Crippen molar-refractivity contribution in [3.63, 3.8) is 0 Å². The third kappa shape index (κ3) is 4.05. The number of carbonyl (C=O) groups is 1. The van der Waals surface area contributed by atoms with Gasteiger partial charge in [-0.15, -0.1) is 11.3 Å². The molecule has 1 fully saturated rings. The minimum absolute atomic E-state index is 0.115. The summed E-state index contributed by atoms with van der Waals surface area (Å²) in [7, 11) is 1.48. The molecule has 1 saturated carbocycles. The summed E-state index contributed by atoms with van der Waals surface area (Å²) in [5, 5.41) is 5.46. The molecular formula is C15H23NO2S. The Hall–Kier alpha value is -0.870. The molecule has 4 heteroatoms. The van der Waals surface area contributed by atoms with Gasteiger partial charge >= 0.3 is 5.97 Å². The van der Waals surface area contributed by atoms with Crippen LogP contribution in [0.3, 0.4) is 0 Å². The Balaban J connectivity index is 1.96. The summed E-state index contributed by atoms with van der Waals surface area (Å²) in [6, 6.07) is 3.97. The average molecular weight is 281 g/mol. The van der Waals surface area contributed by atoms with Gasteiger partial charge in [0.25, 0.3) is 0 Å². The number of rotatable bonds is 5. The quantitative estimate of drug-likeness (QED) is 0.842. The molecule has 1 aliphatic carbocycles. The van der Waals surface area contributed by atoms with E-state index in [2.05, 4.69) is 23.7 Å². The van der Waals surface area contributed by atoms with E-state index in [9.17, 15) is 4.79 Å². The number of ether oxygens (including phenoxy) is 1. The molecule has 2 rings (SSSR count). The van der Waals surface area contributed by atoms with Crippen molar-refractivity contribution in [1.82, 2.24) is 5.32 Å². The molecular weight excluding hydrogens is 258 g/mol. The van der Waals surface area contributed by atoms with Crippen LogP contribution in [0.2, 0.25) is 0 Å². The lowest BCUT2D eigenvalue weighted by Crippen LogP contribution is -2.44. The summed E-state index contributed by atoms with van der Waals surface area (Å²) in [5.74, 6) is 1.02. The first-order chi connectivity index (χ1) is 9.20. The summed E-state index contributed by atoms with van der Waals surface area (Å²) in [5.41, 5.74) is 0. The molecule has 0 aromatic carbocycles. The second-order valence-electron chi connectivity index (χ2n) is 5.49. The first kappa shape index (κ1) is 14.5. The predicted octanol–water partition coefficient (Wildman–Crippen LogP) is 3.21. The average Bonchev–Trinajstić information content (AvgIpc) is 2.92. The third-order valence-electron chi connectivity index (χ3n) is 3.98. The van der Waals surface area contributed by atoms with E-state index in [1.165, 1.54) is 24.8 Å². The van der Waals surface area contributed by atoms with Crippen molar-refractivity contribution >= 4 is 17.3 Å². The Kier molecular flexibility index (Phi) is 5.40. The molecule has 1 aliphatic rings. The molecule has 0 bridgehead atoms. The van der Waals surface area contributed by atoms with Crippen LogP contribution < -0.4 is 5.32 Å². The standard InChI is InChI=1S/C15H23NO2S/c1-11-5-3-6-12(9-11)14(15(17)18-2)16-10-13-7-4-8-19-13/h4,7-8,11-12,14,16H,3,5-6,9-10H2,1-2H3. The van der Waals surface area contributed by atoms with E-state index >= 15 is 0 Å².